The minimum Gasteiger partial charge on any atom is -0.324 e. The minimum atomic E-state index is -0.501. The number of hydrogen-bond acceptors (Lipinski definition) is 2. The first-order chi connectivity index (χ1) is 11.5. The molecule has 0 aromatic heterocycles. The standard InChI is InChI=1S/C19H19ClN2O2/c1-12-6-8-14(9-7-12)22-17(10-11-18(22)23)19(24)21-16-5-3-4-15(20)13(16)2/h3-9,17H,10-11H2,1-2H3,(H,21,24). The number of rotatable bonds is 3. The van der Waals surface area contributed by atoms with Crippen molar-refractivity contribution in [2.24, 2.45) is 0 Å². The summed E-state index contributed by atoms with van der Waals surface area (Å²) in [6.07, 6.45) is 0.888. The van der Waals surface area contributed by atoms with Crippen LogP contribution in [0.25, 0.3) is 0 Å². The molecule has 4 nitrogen and oxygen atoms in total. The third-order valence-corrected chi connectivity index (χ3v) is 4.76. The maximum Gasteiger partial charge on any atom is 0.247 e. The molecular weight excluding hydrogens is 324 g/mol. The molecule has 0 radical (unpaired) electrons. The Hall–Kier alpha value is -2.33. The summed E-state index contributed by atoms with van der Waals surface area (Å²) in [6.45, 7) is 3.84. The predicted octanol–water partition coefficient (Wildman–Crippen LogP) is 4.09. The SMILES string of the molecule is Cc1ccc(N2C(=O)CCC2C(=O)Nc2cccc(Cl)c2C)cc1. The van der Waals surface area contributed by atoms with Gasteiger partial charge in [0, 0.05) is 22.8 Å². The molecule has 5 heteroatoms. The maximum atomic E-state index is 12.7. The van der Waals surface area contributed by atoms with E-state index in [4.69, 9.17) is 11.6 Å². The molecule has 1 fully saturated rings. The Kier molecular flexibility index (Phi) is 4.58. The number of anilines is 2. The smallest absolute Gasteiger partial charge is 0.247 e. The lowest BCUT2D eigenvalue weighted by Crippen LogP contribution is -2.41. The topological polar surface area (TPSA) is 49.4 Å². The highest BCUT2D eigenvalue weighted by atomic mass is 35.5. The summed E-state index contributed by atoms with van der Waals surface area (Å²) in [7, 11) is 0. The Labute approximate surface area is 146 Å². The van der Waals surface area contributed by atoms with Gasteiger partial charge < -0.3 is 5.32 Å². The number of halogens is 1. The Morgan fingerprint density at radius 2 is 1.88 bits per heavy atom. The van der Waals surface area contributed by atoms with E-state index in [0.29, 0.717) is 23.6 Å². The van der Waals surface area contributed by atoms with Gasteiger partial charge in [-0.2, -0.15) is 0 Å². The van der Waals surface area contributed by atoms with Crippen LogP contribution in [-0.4, -0.2) is 17.9 Å². The van der Waals surface area contributed by atoms with Gasteiger partial charge in [-0.15, -0.1) is 0 Å². The van der Waals surface area contributed by atoms with Crippen LogP contribution in [0.4, 0.5) is 11.4 Å². The van der Waals surface area contributed by atoms with Crippen molar-refractivity contribution in [3.05, 3.63) is 58.6 Å². The molecule has 0 spiro atoms. The molecule has 1 heterocycles. The van der Waals surface area contributed by atoms with Crippen molar-refractivity contribution in [1.29, 1.82) is 0 Å². The summed E-state index contributed by atoms with van der Waals surface area (Å²) in [4.78, 5) is 26.6. The number of amides is 2. The van der Waals surface area contributed by atoms with E-state index in [1.54, 1.807) is 17.0 Å². The van der Waals surface area contributed by atoms with E-state index >= 15 is 0 Å². The van der Waals surface area contributed by atoms with Gasteiger partial charge in [-0.1, -0.05) is 35.4 Å². The zero-order valence-electron chi connectivity index (χ0n) is 13.7. The van der Waals surface area contributed by atoms with Gasteiger partial charge in [0.15, 0.2) is 0 Å². The zero-order valence-corrected chi connectivity index (χ0v) is 14.4. The molecule has 124 valence electrons. The van der Waals surface area contributed by atoms with Crippen molar-refractivity contribution in [1.82, 2.24) is 0 Å². The lowest BCUT2D eigenvalue weighted by molar-refractivity contribution is -0.120. The molecule has 1 unspecified atom stereocenters. The zero-order chi connectivity index (χ0) is 17.3. The van der Waals surface area contributed by atoms with Crippen molar-refractivity contribution in [2.45, 2.75) is 32.7 Å². The van der Waals surface area contributed by atoms with E-state index < -0.39 is 6.04 Å². The van der Waals surface area contributed by atoms with E-state index in [9.17, 15) is 9.59 Å². The summed E-state index contributed by atoms with van der Waals surface area (Å²) in [6, 6.07) is 12.5. The molecule has 3 rings (SSSR count). The summed E-state index contributed by atoms with van der Waals surface area (Å²) >= 11 is 6.10. The van der Waals surface area contributed by atoms with Crippen LogP contribution in [0.1, 0.15) is 24.0 Å². The predicted molar refractivity (Wildman–Crippen MR) is 96.5 cm³/mol. The average Bonchev–Trinajstić information content (AvgIpc) is 2.94. The largest absolute Gasteiger partial charge is 0.324 e. The van der Waals surface area contributed by atoms with Crippen LogP contribution >= 0.6 is 11.6 Å². The lowest BCUT2D eigenvalue weighted by Gasteiger charge is -2.24. The average molecular weight is 343 g/mol. The van der Waals surface area contributed by atoms with Gasteiger partial charge >= 0.3 is 0 Å². The van der Waals surface area contributed by atoms with Crippen LogP contribution < -0.4 is 10.2 Å². The number of carbonyl (C=O) groups excluding carboxylic acids is 2. The second-order valence-electron chi connectivity index (χ2n) is 6.06. The lowest BCUT2D eigenvalue weighted by atomic mass is 10.1. The van der Waals surface area contributed by atoms with Crippen LogP contribution in [0.3, 0.4) is 0 Å². The first kappa shape index (κ1) is 16.5. The highest BCUT2D eigenvalue weighted by Crippen LogP contribution is 2.29. The minimum absolute atomic E-state index is 0.0261. The maximum absolute atomic E-state index is 12.7. The molecule has 24 heavy (non-hydrogen) atoms. The van der Waals surface area contributed by atoms with Crippen molar-refractivity contribution in [2.75, 3.05) is 10.2 Å². The highest BCUT2D eigenvalue weighted by Gasteiger charge is 2.37. The van der Waals surface area contributed by atoms with Crippen LogP contribution in [0.2, 0.25) is 5.02 Å². The third-order valence-electron chi connectivity index (χ3n) is 4.35. The molecule has 1 aliphatic rings. The highest BCUT2D eigenvalue weighted by molar-refractivity contribution is 6.31. The van der Waals surface area contributed by atoms with Gasteiger partial charge in [0.2, 0.25) is 11.8 Å². The first-order valence-electron chi connectivity index (χ1n) is 7.92. The molecule has 2 aromatic rings. The number of benzene rings is 2. The van der Waals surface area contributed by atoms with E-state index in [2.05, 4.69) is 5.32 Å². The van der Waals surface area contributed by atoms with Gasteiger partial charge in [0.25, 0.3) is 0 Å². The molecule has 1 N–H and O–H groups in total. The second-order valence-corrected chi connectivity index (χ2v) is 6.46. The molecular formula is C19H19ClN2O2. The first-order valence-corrected chi connectivity index (χ1v) is 8.30. The molecule has 1 atom stereocenters. The number of aryl methyl sites for hydroxylation is 1. The number of nitrogens with one attached hydrogen (secondary N) is 1. The van der Waals surface area contributed by atoms with Crippen LogP contribution in [0.15, 0.2) is 42.5 Å². The molecule has 1 aliphatic heterocycles. The van der Waals surface area contributed by atoms with Crippen molar-refractivity contribution in [3.8, 4) is 0 Å². The normalized spacial score (nSPS) is 17.2. The summed E-state index contributed by atoms with van der Waals surface area (Å²) < 4.78 is 0. The van der Waals surface area contributed by atoms with E-state index in [-0.39, 0.29) is 11.8 Å². The Morgan fingerprint density at radius 1 is 1.17 bits per heavy atom. The quantitative estimate of drug-likeness (QED) is 0.913. The monoisotopic (exact) mass is 342 g/mol. The van der Waals surface area contributed by atoms with E-state index in [1.807, 2.05) is 44.2 Å². The van der Waals surface area contributed by atoms with Crippen LogP contribution in [0, 0.1) is 13.8 Å². The van der Waals surface area contributed by atoms with Gasteiger partial charge in [-0.25, -0.2) is 0 Å². The van der Waals surface area contributed by atoms with Gasteiger partial charge in [0.1, 0.15) is 6.04 Å². The fraction of sp³-hybridized carbons (Fsp3) is 0.263. The fourth-order valence-electron chi connectivity index (χ4n) is 2.92. The number of carbonyl (C=O) groups is 2. The molecule has 2 aromatic carbocycles. The van der Waals surface area contributed by atoms with Crippen LogP contribution in [0.5, 0.6) is 0 Å². The summed E-state index contributed by atoms with van der Waals surface area (Å²) in [5.74, 6) is -0.214. The molecule has 2 amide bonds. The Balaban J connectivity index is 1.84. The Morgan fingerprint density at radius 3 is 2.58 bits per heavy atom. The molecule has 1 saturated heterocycles. The van der Waals surface area contributed by atoms with Crippen LogP contribution in [-0.2, 0) is 9.59 Å². The number of hydrogen-bond donors (Lipinski definition) is 1. The molecule has 0 bridgehead atoms. The summed E-state index contributed by atoms with van der Waals surface area (Å²) in [5, 5.41) is 3.51. The number of nitrogens with zero attached hydrogens (tertiary/aromatic N) is 1. The fourth-order valence-corrected chi connectivity index (χ4v) is 3.09. The van der Waals surface area contributed by atoms with E-state index in [1.165, 1.54) is 0 Å². The third kappa shape index (κ3) is 3.15. The van der Waals surface area contributed by atoms with E-state index in [0.717, 1.165) is 16.8 Å². The summed E-state index contributed by atoms with van der Waals surface area (Å²) in [5.41, 5.74) is 3.36. The van der Waals surface area contributed by atoms with Crippen molar-refractivity contribution >= 4 is 34.8 Å². The Bertz CT molecular complexity index is 786. The molecule has 0 aliphatic carbocycles. The van der Waals surface area contributed by atoms with Gasteiger partial charge in [0.05, 0.1) is 0 Å². The molecule has 0 saturated carbocycles. The van der Waals surface area contributed by atoms with Gasteiger partial charge in [-0.05, 0) is 50.1 Å². The van der Waals surface area contributed by atoms with Crippen molar-refractivity contribution < 1.29 is 9.59 Å². The van der Waals surface area contributed by atoms with Gasteiger partial charge in [-0.3, -0.25) is 14.5 Å². The second kappa shape index (κ2) is 6.65. The van der Waals surface area contributed by atoms with Crippen molar-refractivity contribution in [3.63, 3.8) is 0 Å².